The second kappa shape index (κ2) is 4.98. The van der Waals surface area contributed by atoms with Crippen molar-refractivity contribution in [2.75, 3.05) is 6.54 Å². The molecule has 0 aromatic heterocycles. The third-order valence-corrected chi connectivity index (χ3v) is 4.71. The van der Waals surface area contributed by atoms with Crippen LogP contribution >= 0.6 is 11.6 Å². The summed E-state index contributed by atoms with van der Waals surface area (Å²) >= 11 is 5.76. The lowest BCUT2D eigenvalue weighted by Gasteiger charge is -2.68. The molecule has 3 fully saturated rings. The van der Waals surface area contributed by atoms with Crippen LogP contribution in [0.5, 0.6) is 0 Å². The Kier molecular flexibility index (Phi) is 3.36. The van der Waals surface area contributed by atoms with Crippen LogP contribution in [0.2, 0.25) is 5.02 Å². The molecule has 2 bridgehead atoms. The maximum absolute atomic E-state index is 12.1. The second-order valence-electron chi connectivity index (χ2n) is 6.13. The van der Waals surface area contributed by atoms with E-state index in [9.17, 15) is 14.4 Å². The van der Waals surface area contributed by atoms with Gasteiger partial charge in [0.05, 0.1) is 12.0 Å². The van der Waals surface area contributed by atoms with Crippen LogP contribution in [-0.4, -0.2) is 35.0 Å². The Bertz CT molecular complexity index is 636. The Labute approximate surface area is 131 Å². The maximum Gasteiger partial charge on any atom is 0.405 e. The minimum absolute atomic E-state index is 0.0679. The summed E-state index contributed by atoms with van der Waals surface area (Å²) in [6, 6.07) is 6.48. The van der Waals surface area contributed by atoms with Crippen molar-refractivity contribution in [2.45, 2.75) is 24.8 Å². The molecular formula is C15H15ClN2O4. The summed E-state index contributed by atoms with van der Waals surface area (Å²) < 4.78 is 0. The summed E-state index contributed by atoms with van der Waals surface area (Å²) in [6.07, 6.45) is 0.458. The summed E-state index contributed by atoms with van der Waals surface area (Å²) in [5, 5.41) is 14.4. The summed E-state index contributed by atoms with van der Waals surface area (Å²) in [4.78, 5) is 34.7. The molecule has 3 aliphatic rings. The number of carbonyl (C=O) groups is 3. The third kappa shape index (κ3) is 2.43. The van der Waals surface area contributed by atoms with Gasteiger partial charge in [0.1, 0.15) is 0 Å². The molecule has 3 saturated carbocycles. The number of nitrogens with one attached hydrogen (secondary N) is 2. The summed E-state index contributed by atoms with van der Waals surface area (Å²) in [5.74, 6) is -0.362. The fourth-order valence-corrected chi connectivity index (χ4v) is 3.60. The smallest absolute Gasteiger partial charge is 0.405 e. The van der Waals surface area contributed by atoms with Gasteiger partial charge in [0.25, 0.3) is 0 Å². The van der Waals surface area contributed by atoms with E-state index in [1.807, 2.05) is 0 Å². The standard InChI is InChI=1S/C15H15ClN2O4/c16-10-3-1-9(2-4-10)11(19)5-17-12(20)14-6-15(7-14,8-14)18-13(21)22/h1-4,18H,5-8H2,(H,17,20)(H,21,22). The highest BCUT2D eigenvalue weighted by Gasteiger charge is 2.72. The van der Waals surface area contributed by atoms with Crippen LogP contribution in [0.3, 0.4) is 0 Å². The molecule has 0 heterocycles. The zero-order chi connectivity index (χ0) is 16.0. The molecular weight excluding hydrogens is 308 g/mol. The topological polar surface area (TPSA) is 95.5 Å². The molecule has 4 rings (SSSR count). The molecule has 22 heavy (non-hydrogen) atoms. The fourth-order valence-electron chi connectivity index (χ4n) is 3.47. The first-order valence-corrected chi connectivity index (χ1v) is 7.30. The Morgan fingerprint density at radius 3 is 2.27 bits per heavy atom. The predicted octanol–water partition coefficient (Wildman–Crippen LogP) is 1.83. The van der Waals surface area contributed by atoms with E-state index in [0.717, 1.165) is 0 Å². The monoisotopic (exact) mass is 322 g/mol. The number of carboxylic acid groups (broad SMARTS) is 1. The van der Waals surface area contributed by atoms with Crippen LogP contribution in [0, 0.1) is 5.41 Å². The molecule has 0 aliphatic heterocycles. The minimum atomic E-state index is -1.06. The number of Topliss-reactive ketones (excluding diaryl/α,β-unsaturated/α-hetero) is 1. The number of ketones is 1. The molecule has 0 radical (unpaired) electrons. The van der Waals surface area contributed by atoms with Crippen molar-refractivity contribution in [2.24, 2.45) is 5.41 Å². The highest BCUT2D eigenvalue weighted by atomic mass is 35.5. The van der Waals surface area contributed by atoms with Gasteiger partial charge in [-0.15, -0.1) is 0 Å². The number of hydrogen-bond donors (Lipinski definition) is 3. The summed E-state index contributed by atoms with van der Waals surface area (Å²) in [5.41, 5.74) is -0.433. The van der Waals surface area contributed by atoms with Gasteiger partial charge < -0.3 is 15.7 Å². The van der Waals surface area contributed by atoms with E-state index in [4.69, 9.17) is 16.7 Å². The van der Waals surface area contributed by atoms with Gasteiger partial charge in [0.15, 0.2) is 5.78 Å². The van der Waals surface area contributed by atoms with E-state index >= 15 is 0 Å². The van der Waals surface area contributed by atoms with Crippen LogP contribution in [-0.2, 0) is 4.79 Å². The van der Waals surface area contributed by atoms with Gasteiger partial charge in [-0.3, -0.25) is 9.59 Å². The Hall–Kier alpha value is -2.08. The normalized spacial score (nSPS) is 28.0. The van der Waals surface area contributed by atoms with E-state index in [1.165, 1.54) is 0 Å². The molecule has 1 aromatic carbocycles. The van der Waals surface area contributed by atoms with Gasteiger partial charge in [-0.25, -0.2) is 4.79 Å². The number of rotatable bonds is 5. The average molecular weight is 323 g/mol. The number of amides is 2. The lowest BCUT2D eigenvalue weighted by atomic mass is 9.39. The molecule has 0 unspecified atom stereocenters. The molecule has 116 valence electrons. The molecule has 0 saturated heterocycles. The van der Waals surface area contributed by atoms with Gasteiger partial charge in [-0.05, 0) is 43.5 Å². The van der Waals surface area contributed by atoms with E-state index in [2.05, 4.69) is 10.6 Å². The van der Waals surface area contributed by atoms with E-state index in [1.54, 1.807) is 24.3 Å². The summed E-state index contributed by atoms with van der Waals surface area (Å²) in [7, 11) is 0. The molecule has 2 amide bonds. The predicted molar refractivity (Wildman–Crippen MR) is 79.0 cm³/mol. The van der Waals surface area contributed by atoms with Crippen molar-refractivity contribution in [3.63, 3.8) is 0 Å². The number of hydrogen-bond acceptors (Lipinski definition) is 3. The second-order valence-corrected chi connectivity index (χ2v) is 6.57. The van der Waals surface area contributed by atoms with Crippen LogP contribution in [0.15, 0.2) is 24.3 Å². The Morgan fingerprint density at radius 1 is 1.14 bits per heavy atom. The molecule has 3 N–H and O–H groups in total. The lowest BCUT2D eigenvalue weighted by molar-refractivity contribution is -0.178. The third-order valence-electron chi connectivity index (χ3n) is 4.46. The van der Waals surface area contributed by atoms with Crippen molar-refractivity contribution in [3.05, 3.63) is 34.9 Å². The molecule has 0 atom stereocenters. The van der Waals surface area contributed by atoms with Crippen molar-refractivity contribution < 1.29 is 19.5 Å². The highest BCUT2D eigenvalue weighted by Crippen LogP contribution is 2.67. The van der Waals surface area contributed by atoms with Crippen molar-refractivity contribution in [3.8, 4) is 0 Å². The van der Waals surface area contributed by atoms with E-state index in [-0.39, 0.29) is 18.2 Å². The van der Waals surface area contributed by atoms with Crippen molar-refractivity contribution in [1.29, 1.82) is 0 Å². The Balaban J connectivity index is 1.49. The number of benzene rings is 1. The zero-order valence-electron chi connectivity index (χ0n) is 11.7. The largest absolute Gasteiger partial charge is 0.465 e. The van der Waals surface area contributed by atoms with Crippen LogP contribution in [0.1, 0.15) is 29.6 Å². The molecule has 0 spiro atoms. The lowest BCUT2D eigenvalue weighted by Crippen LogP contribution is -2.78. The molecule has 1 aromatic rings. The van der Waals surface area contributed by atoms with E-state index < -0.39 is 17.0 Å². The van der Waals surface area contributed by atoms with E-state index in [0.29, 0.717) is 29.8 Å². The highest BCUT2D eigenvalue weighted by molar-refractivity contribution is 6.30. The maximum atomic E-state index is 12.1. The van der Waals surface area contributed by atoms with Gasteiger partial charge in [-0.2, -0.15) is 0 Å². The first-order valence-electron chi connectivity index (χ1n) is 6.92. The van der Waals surface area contributed by atoms with Crippen LogP contribution in [0.4, 0.5) is 4.79 Å². The molecule has 3 aliphatic carbocycles. The van der Waals surface area contributed by atoms with Gasteiger partial charge >= 0.3 is 6.09 Å². The Morgan fingerprint density at radius 2 is 1.73 bits per heavy atom. The first-order chi connectivity index (χ1) is 10.3. The minimum Gasteiger partial charge on any atom is -0.465 e. The van der Waals surface area contributed by atoms with Gasteiger partial charge in [-0.1, -0.05) is 11.6 Å². The zero-order valence-corrected chi connectivity index (χ0v) is 12.4. The van der Waals surface area contributed by atoms with Crippen molar-refractivity contribution >= 4 is 29.4 Å². The average Bonchev–Trinajstić information content (AvgIpc) is 2.38. The molecule has 6 nitrogen and oxygen atoms in total. The quantitative estimate of drug-likeness (QED) is 0.721. The molecule has 7 heteroatoms. The van der Waals surface area contributed by atoms with Crippen LogP contribution in [0.25, 0.3) is 0 Å². The van der Waals surface area contributed by atoms with Crippen molar-refractivity contribution in [1.82, 2.24) is 10.6 Å². The number of carbonyl (C=O) groups excluding carboxylic acids is 2. The van der Waals surface area contributed by atoms with Gasteiger partial charge in [0.2, 0.25) is 5.91 Å². The SMILES string of the molecule is O=C(O)NC12CC(C(=O)NCC(=O)c3ccc(Cl)cc3)(C1)C2. The fraction of sp³-hybridized carbons (Fsp3) is 0.400. The summed E-state index contributed by atoms with van der Waals surface area (Å²) in [6.45, 7) is -0.0679. The first kappa shape index (κ1) is 14.8. The van der Waals surface area contributed by atoms with Gasteiger partial charge in [0, 0.05) is 16.1 Å². The van der Waals surface area contributed by atoms with Crippen LogP contribution < -0.4 is 10.6 Å². The number of halogens is 1.